The van der Waals surface area contributed by atoms with Gasteiger partial charge in [-0.2, -0.15) is 0 Å². The molecule has 1 aliphatic carbocycles. The maximum Gasteiger partial charge on any atom is 0.133 e. The van der Waals surface area contributed by atoms with Crippen LogP contribution in [0.2, 0.25) is 0 Å². The van der Waals surface area contributed by atoms with Crippen molar-refractivity contribution in [2.24, 2.45) is 5.92 Å². The van der Waals surface area contributed by atoms with E-state index in [4.69, 9.17) is 4.74 Å². The summed E-state index contributed by atoms with van der Waals surface area (Å²) < 4.78 is 5.72. The van der Waals surface area contributed by atoms with E-state index in [1.54, 1.807) is 6.92 Å². The summed E-state index contributed by atoms with van der Waals surface area (Å²) >= 11 is 0. The fraction of sp³-hybridized carbons (Fsp3) is 0.909. The van der Waals surface area contributed by atoms with Crippen LogP contribution in [0.25, 0.3) is 0 Å². The van der Waals surface area contributed by atoms with Gasteiger partial charge in [0.15, 0.2) is 0 Å². The number of ketones is 1. The molecule has 0 aromatic rings. The summed E-state index contributed by atoms with van der Waals surface area (Å²) in [5, 5.41) is 0. The van der Waals surface area contributed by atoms with E-state index in [1.165, 1.54) is 0 Å². The van der Waals surface area contributed by atoms with Gasteiger partial charge in [0.25, 0.3) is 0 Å². The van der Waals surface area contributed by atoms with Crippen molar-refractivity contribution in [3.63, 3.8) is 0 Å². The molecule has 2 atom stereocenters. The minimum Gasteiger partial charge on any atom is -0.376 e. The van der Waals surface area contributed by atoms with Gasteiger partial charge in [-0.05, 0) is 40.0 Å². The maximum absolute atomic E-state index is 11.2. The molecule has 1 aliphatic rings. The van der Waals surface area contributed by atoms with Gasteiger partial charge in [-0.3, -0.25) is 4.79 Å². The van der Waals surface area contributed by atoms with Crippen molar-refractivity contribution in [3.8, 4) is 0 Å². The van der Waals surface area contributed by atoms with Crippen molar-refractivity contribution < 1.29 is 9.53 Å². The minimum atomic E-state index is 0.262. The predicted octanol–water partition coefficient (Wildman–Crippen LogP) is 2.56. The first kappa shape index (κ1) is 10.7. The number of rotatable bonds is 3. The van der Waals surface area contributed by atoms with Crippen LogP contribution in [-0.2, 0) is 9.53 Å². The Kier molecular flexibility index (Phi) is 3.91. The van der Waals surface area contributed by atoms with Gasteiger partial charge in [0, 0.05) is 5.92 Å². The molecule has 0 amide bonds. The second-order valence-electron chi connectivity index (χ2n) is 4.28. The Morgan fingerprint density at radius 1 is 1.38 bits per heavy atom. The molecule has 0 saturated heterocycles. The van der Waals surface area contributed by atoms with Crippen molar-refractivity contribution in [1.82, 2.24) is 0 Å². The summed E-state index contributed by atoms with van der Waals surface area (Å²) in [6, 6.07) is 0. The zero-order valence-electron chi connectivity index (χ0n) is 8.88. The van der Waals surface area contributed by atoms with Gasteiger partial charge in [-0.25, -0.2) is 0 Å². The van der Waals surface area contributed by atoms with Crippen molar-refractivity contribution >= 4 is 5.78 Å². The van der Waals surface area contributed by atoms with E-state index in [0.29, 0.717) is 11.9 Å². The monoisotopic (exact) mass is 184 g/mol. The van der Waals surface area contributed by atoms with Crippen LogP contribution in [0.3, 0.4) is 0 Å². The number of carbonyl (C=O) groups excluding carboxylic acids is 1. The van der Waals surface area contributed by atoms with Crippen LogP contribution in [0.5, 0.6) is 0 Å². The van der Waals surface area contributed by atoms with Crippen molar-refractivity contribution in [1.29, 1.82) is 0 Å². The second kappa shape index (κ2) is 4.75. The number of ether oxygens (including phenoxy) is 1. The topological polar surface area (TPSA) is 26.3 Å². The largest absolute Gasteiger partial charge is 0.376 e. The Hall–Kier alpha value is -0.370. The van der Waals surface area contributed by atoms with Crippen LogP contribution in [0.4, 0.5) is 0 Å². The Morgan fingerprint density at radius 2 is 2.08 bits per heavy atom. The third-order valence-electron chi connectivity index (χ3n) is 2.67. The molecule has 13 heavy (non-hydrogen) atoms. The van der Waals surface area contributed by atoms with E-state index < -0.39 is 0 Å². The SMILES string of the molecule is CC(=O)[C@H]1CCC[C@H](OC(C)C)C1. The molecule has 1 fully saturated rings. The molecule has 0 unspecified atom stereocenters. The van der Waals surface area contributed by atoms with Crippen LogP contribution >= 0.6 is 0 Å². The number of hydrogen-bond acceptors (Lipinski definition) is 2. The Balaban J connectivity index is 2.37. The lowest BCUT2D eigenvalue weighted by Crippen LogP contribution is -2.28. The Labute approximate surface area is 80.7 Å². The lowest BCUT2D eigenvalue weighted by molar-refractivity contribution is -0.124. The quantitative estimate of drug-likeness (QED) is 0.673. The van der Waals surface area contributed by atoms with Crippen molar-refractivity contribution in [2.45, 2.75) is 58.7 Å². The molecule has 0 heterocycles. The maximum atomic E-state index is 11.2. The van der Waals surface area contributed by atoms with Crippen LogP contribution in [-0.4, -0.2) is 18.0 Å². The molecule has 1 saturated carbocycles. The molecular formula is C11H20O2. The zero-order valence-corrected chi connectivity index (χ0v) is 8.88. The average Bonchev–Trinajstić information content (AvgIpc) is 2.03. The Bertz CT molecular complexity index is 175. The van der Waals surface area contributed by atoms with Crippen LogP contribution in [0.1, 0.15) is 46.5 Å². The molecule has 2 heteroatoms. The molecule has 2 nitrogen and oxygen atoms in total. The van der Waals surface area contributed by atoms with Gasteiger partial charge in [-0.15, -0.1) is 0 Å². The summed E-state index contributed by atoms with van der Waals surface area (Å²) in [5.74, 6) is 0.592. The standard InChI is InChI=1S/C11H20O2/c1-8(2)13-11-6-4-5-10(7-11)9(3)12/h8,10-11H,4-7H2,1-3H3/t10-,11-/m0/s1. The normalized spacial score (nSPS) is 29.2. The summed E-state index contributed by atoms with van der Waals surface area (Å²) in [6.07, 6.45) is 4.88. The molecule has 0 aliphatic heterocycles. The number of carbonyl (C=O) groups is 1. The molecule has 1 rings (SSSR count). The van der Waals surface area contributed by atoms with Gasteiger partial charge >= 0.3 is 0 Å². The first-order valence-corrected chi connectivity index (χ1v) is 5.25. The van der Waals surface area contributed by atoms with E-state index in [0.717, 1.165) is 25.7 Å². The molecule has 0 bridgehead atoms. The second-order valence-corrected chi connectivity index (χ2v) is 4.28. The number of hydrogen-bond donors (Lipinski definition) is 0. The summed E-state index contributed by atoms with van der Waals surface area (Å²) in [7, 11) is 0. The van der Waals surface area contributed by atoms with Gasteiger partial charge < -0.3 is 4.74 Å². The third-order valence-corrected chi connectivity index (χ3v) is 2.67. The average molecular weight is 184 g/mol. The van der Waals surface area contributed by atoms with E-state index in [1.807, 2.05) is 0 Å². The first-order valence-electron chi connectivity index (χ1n) is 5.25. The van der Waals surface area contributed by atoms with E-state index >= 15 is 0 Å². The van der Waals surface area contributed by atoms with E-state index in [-0.39, 0.29) is 12.0 Å². The Morgan fingerprint density at radius 3 is 2.62 bits per heavy atom. The fourth-order valence-electron chi connectivity index (χ4n) is 2.02. The van der Waals surface area contributed by atoms with Gasteiger partial charge in [-0.1, -0.05) is 6.42 Å². The van der Waals surface area contributed by atoms with E-state index in [9.17, 15) is 4.79 Å². The first-order chi connectivity index (χ1) is 6.09. The summed E-state index contributed by atoms with van der Waals surface area (Å²) in [4.78, 5) is 11.2. The smallest absolute Gasteiger partial charge is 0.133 e. The highest BCUT2D eigenvalue weighted by molar-refractivity contribution is 5.78. The summed E-state index contributed by atoms with van der Waals surface area (Å²) in [5.41, 5.74) is 0. The van der Waals surface area contributed by atoms with Gasteiger partial charge in [0.05, 0.1) is 12.2 Å². The third kappa shape index (κ3) is 3.47. The number of Topliss-reactive ketones (excluding diaryl/α,β-unsaturated/α-hetero) is 1. The highest BCUT2D eigenvalue weighted by atomic mass is 16.5. The molecule has 0 aromatic heterocycles. The summed E-state index contributed by atoms with van der Waals surface area (Å²) in [6.45, 7) is 5.80. The minimum absolute atomic E-state index is 0.262. The lowest BCUT2D eigenvalue weighted by Gasteiger charge is -2.28. The molecular weight excluding hydrogens is 164 g/mol. The highest BCUT2D eigenvalue weighted by Gasteiger charge is 2.25. The van der Waals surface area contributed by atoms with Gasteiger partial charge in [0.1, 0.15) is 5.78 Å². The molecule has 0 N–H and O–H groups in total. The molecule has 0 aromatic carbocycles. The van der Waals surface area contributed by atoms with Gasteiger partial charge in [0.2, 0.25) is 0 Å². The lowest BCUT2D eigenvalue weighted by atomic mass is 9.85. The molecule has 76 valence electrons. The fourth-order valence-corrected chi connectivity index (χ4v) is 2.02. The predicted molar refractivity (Wildman–Crippen MR) is 52.6 cm³/mol. The molecule has 0 radical (unpaired) electrons. The van der Waals surface area contributed by atoms with Crippen molar-refractivity contribution in [3.05, 3.63) is 0 Å². The molecule has 0 spiro atoms. The van der Waals surface area contributed by atoms with Crippen LogP contribution < -0.4 is 0 Å². The van der Waals surface area contributed by atoms with Crippen molar-refractivity contribution in [2.75, 3.05) is 0 Å². The highest BCUT2D eigenvalue weighted by Crippen LogP contribution is 2.27. The van der Waals surface area contributed by atoms with Crippen LogP contribution in [0.15, 0.2) is 0 Å². The zero-order chi connectivity index (χ0) is 9.84. The van der Waals surface area contributed by atoms with Crippen LogP contribution in [0, 0.1) is 5.92 Å². The van der Waals surface area contributed by atoms with E-state index in [2.05, 4.69) is 13.8 Å².